The van der Waals surface area contributed by atoms with E-state index in [0.29, 0.717) is 11.3 Å². The Morgan fingerprint density at radius 3 is 2.69 bits per heavy atom. The number of ether oxygens (including phenoxy) is 1. The maximum absolute atomic E-state index is 11.7. The van der Waals surface area contributed by atoms with E-state index in [2.05, 4.69) is 10.3 Å². The summed E-state index contributed by atoms with van der Waals surface area (Å²) < 4.78 is 7.89. The predicted molar refractivity (Wildman–Crippen MR) is 92.3 cm³/mol. The zero-order valence-electron chi connectivity index (χ0n) is 14.1. The summed E-state index contributed by atoms with van der Waals surface area (Å²) in [7, 11) is 0. The molecule has 1 heterocycles. The van der Waals surface area contributed by atoms with Crippen LogP contribution in [0.3, 0.4) is 0 Å². The Morgan fingerprint density at radius 1 is 1.31 bits per heavy atom. The third-order valence-corrected chi connectivity index (χ3v) is 5.33. The van der Waals surface area contributed by atoms with Crippen molar-refractivity contribution >= 4 is 12.0 Å². The molecule has 26 heavy (non-hydrogen) atoms. The first-order valence-electron chi connectivity index (χ1n) is 8.52. The fourth-order valence-electron chi connectivity index (χ4n) is 4.15. The van der Waals surface area contributed by atoms with Gasteiger partial charge in [-0.05, 0) is 43.2 Å². The van der Waals surface area contributed by atoms with Crippen LogP contribution in [-0.4, -0.2) is 38.8 Å². The lowest BCUT2D eigenvalue weighted by Gasteiger charge is -2.57. The fraction of sp³-hybridized carbons (Fsp3) is 0.389. The molecule has 2 aliphatic rings. The number of aromatic nitrogens is 2. The molecule has 4 rings (SSSR count). The van der Waals surface area contributed by atoms with Crippen molar-refractivity contribution in [3.05, 3.63) is 42.5 Å². The number of primary amides is 1. The second-order valence-corrected chi connectivity index (χ2v) is 7.22. The third-order valence-electron chi connectivity index (χ3n) is 5.33. The Labute approximate surface area is 150 Å². The van der Waals surface area contributed by atoms with Gasteiger partial charge in [0.15, 0.2) is 0 Å². The van der Waals surface area contributed by atoms with Gasteiger partial charge in [0.2, 0.25) is 0 Å². The average Bonchev–Trinajstić information content (AvgIpc) is 3.04. The van der Waals surface area contributed by atoms with Crippen LogP contribution in [0.1, 0.15) is 36.0 Å². The molecule has 0 bridgehead atoms. The van der Waals surface area contributed by atoms with E-state index in [-0.39, 0.29) is 17.6 Å². The number of carboxylic acid groups (broad SMARTS) is 1. The maximum atomic E-state index is 11.7. The molecule has 0 radical (unpaired) electrons. The number of carbonyl (C=O) groups is 2. The quantitative estimate of drug-likeness (QED) is 0.756. The molecule has 2 fully saturated rings. The highest BCUT2D eigenvalue weighted by molar-refractivity contribution is 5.96. The molecule has 2 aliphatic carbocycles. The normalized spacial score (nSPS) is 26.6. The summed E-state index contributed by atoms with van der Waals surface area (Å²) in [4.78, 5) is 26.4. The highest BCUT2D eigenvalue weighted by atomic mass is 16.5. The van der Waals surface area contributed by atoms with Gasteiger partial charge in [0, 0.05) is 24.5 Å². The maximum Gasteiger partial charge on any atom is 0.404 e. The van der Waals surface area contributed by atoms with Gasteiger partial charge in [-0.15, -0.1) is 0 Å². The first-order chi connectivity index (χ1) is 12.4. The third kappa shape index (κ3) is 2.98. The number of amides is 2. The minimum absolute atomic E-state index is 0.0110. The molecule has 1 spiro atoms. The molecule has 136 valence electrons. The minimum Gasteiger partial charge on any atom is -0.489 e. The number of imidazole rings is 1. The molecular weight excluding hydrogens is 336 g/mol. The van der Waals surface area contributed by atoms with E-state index in [0.717, 1.165) is 31.4 Å². The highest BCUT2D eigenvalue weighted by Crippen LogP contribution is 2.56. The molecule has 0 aliphatic heterocycles. The largest absolute Gasteiger partial charge is 0.489 e. The standard InChI is InChI=1S/C18H20N4O4/c19-16(23)14-2-1-12(22-4-3-20-10-22)5-15(14)26-13-8-18(9-13)6-11(7-18)21-17(24)25/h1-5,10-11,13,21H,6-9H2,(H2,19,23)(H,24,25). The van der Waals surface area contributed by atoms with Gasteiger partial charge in [-0.1, -0.05) is 0 Å². The van der Waals surface area contributed by atoms with Crippen molar-refractivity contribution in [3.63, 3.8) is 0 Å². The van der Waals surface area contributed by atoms with Crippen molar-refractivity contribution < 1.29 is 19.4 Å². The molecule has 2 aromatic rings. The molecule has 0 saturated heterocycles. The molecule has 1 aromatic carbocycles. The minimum atomic E-state index is -0.973. The zero-order chi connectivity index (χ0) is 18.3. The molecule has 8 heteroatoms. The summed E-state index contributed by atoms with van der Waals surface area (Å²) in [6.07, 6.45) is 7.61. The topological polar surface area (TPSA) is 119 Å². The van der Waals surface area contributed by atoms with E-state index in [4.69, 9.17) is 15.6 Å². The Bertz CT molecular complexity index is 835. The van der Waals surface area contributed by atoms with Gasteiger partial charge in [-0.3, -0.25) is 4.79 Å². The van der Waals surface area contributed by atoms with Gasteiger partial charge in [-0.25, -0.2) is 9.78 Å². The number of hydrogen-bond acceptors (Lipinski definition) is 4. The van der Waals surface area contributed by atoms with Crippen LogP contribution in [0.2, 0.25) is 0 Å². The molecule has 8 nitrogen and oxygen atoms in total. The first kappa shape index (κ1) is 16.4. The second kappa shape index (κ2) is 6.05. The van der Waals surface area contributed by atoms with E-state index >= 15 is 0 Å². The first-order valence-corrected chi connectivity index (χ1v) is 8.52. The molecule has 2 saturated carbocycles. The molecule has 0 unspecified atom stereocenters. The number of nitrogens with one attached hydrogen (secondary N) is 1. The van der Waals surface area contributed by atoms with Gasteiger partial charge in [0.05, 0.1) is 23.7 Å². The summed E-state index contributed by atoms with van der Waals surface area (Å²) in [5.41, 5.74) is 6.84. The lowest BCUT2D eigenvalue weighted by Crippen LogP contribution is -2.58. The fourth-order valence-corrected chi connectivity index (χ4v) is 4.15. The van der Waals surface area contributed by atoms with Crippen molar-refractivity contribution in [2.45, 2.75) is 37.8 Å². The number of nitrogens with zero attached hydrogens (tertiary/aromatic N) is 2. The van der Waals surface area contributed by atoms with Crippen LogP contribution in [0.5, 0.6) is 5.75 Å². The van der Waals surface area contributed by atoms with Gasteiger partial charge >= 0.3 is 6.09 Å². The van der Waals surface area contributed by atoms with E-state index in [1.165, 1.54) is 0 Å². The van der Waals surface area contributed by atoms with Crippen LogP contribution in [0, 0.1) is 5.41 Å². The summed E-state index contributed by atoms with van der Waals surface area (Å²) in [6, 6.07) is 5.30. The van der Waals surface area contributed by atoms with E-state index < -0.39 is 12.0 Å². The van der Waals surface area contributed by atoms with Crippen molar-refractivity contribution in [2.75, 3.05) is 0 Å². The van der Waals surface area contributed by atoms with Gasteiger partial charge in [0.1, 0.15) is 5.75 Å². The van der Waals surface area contributed by atoms with Crippen LogP contribution in [0.25, 0.3) is 5.69 Å². The number of nitrogens with two attached hydrogens (primary N) is 1. The number of carbonyl (C=O) groups excluding carboxylic acids is 1. The van der Waals surface area contributed by atoms with Crippen LogP contribution in [-0.2, 0) is 0 Å². The number of rotatable bonds is 5. The van der Waals surface area contributed by atoms with Crippen molar-refractivity contribution in [1.82, 2.24) is 14.9 Å². The summed E-state index contributed by atoms with van der Waals surface area (Å²) in [5.74, 6) is -0.0522. The Balaban J connectivity index is 1.43. The van der Waals surface area contributed by atoms with Crippen molar-refractivity contribution in [2.24, 2.45) is 11.1 Å². The van der Waals surface area contributed by atoms with Crippen molar-refractivity contribution in [3.8, 4) is 11.4 Å². The van der Waals surface area contributed by atoms with Crippen LogP contribution in [0.15, 0.2) is 36.9 Å². The van der Waals surface area contributed by atoms with Crippen LogP contribution < -0.4 is 15.8 Å². The summed E-state index contributed by atoms with van der Waals surface area (Å²) in [5, 5.41) is 11.3. The number of hydrogen-bond donors (Lipinski definition) is 3. The monoisotopic (exact) mass is 356 g/mol. The van der Waals surface area contributed by atoms with E-state index in [1.807, 2.05) is 10.8 Å². The molecule has 4 N–H and O–H groups in total. The average molecular weight is 356 g/mol. The molecular formula is C18H20N4O4. The smallest absolute Gasteiger partial charge is 0.404 e. The highest BCUT2D eigenvalue weighted by Gasteiger charge is 2.54. The van der Waals surface area contributed by atoms with E-state index in [1.54, 1.807) is 30.7 Å². The van der Waals surface area contributed by atoms with Crippen LogP contribution >= 0.6 is 0 Å². The van der Waals surface area contributed by atoms with Gasteiger partial charge in [-0.2, -0.15) is 0 Å². The molecule has 0 atom stereocenters. The lowest BCUT2D eigenvalue weighted by molar-refractivity contribution is -0.0838. The molecule has 1 aromatic heterocycles. The lowest BCUT2D eigenvalue weighted by atomic mass is 9.53. The van der Waals surface area contributed by atoms with Gasteiger partial charge in [0.25, 0.3) is 5.91 Å². The van der Waals surface area contributed by atoms with Gasteiger partial charge < -0.3 is 25.5 Å². The summed E-state index contributed by atoms with van der Waals surface area (Å²) >= 11 is 0. The Kier molecular flexibility index (Phi) is 3.82. The summed E-state index contributed by atoms with van der Waals surface area (Å²) in [6.45, 7) is 0. The Hall–Kier alpha value is -3.03. The predicted octanol–water partition coefficient (Wildman–Crippen LogP) is 1.93. The van der Waals surface area contributed by atoms with Crippen LogP contribution in [0.4, 0.5) is 4.79 Å². The second-order valence-electron chi connectivity index (χ2n) is 7.22. The Morgan fingerprint density at radius 2 is 2.08 bits per heavy atom. The van der Waals surface area contributed by atoms with E-state index in [9.17, 15) is 9.59 Å². The van der Waals surface area contributed by atoms with Crippen molar-refractivity contribution in [1.29, 1.82) is 0 Å². The SMILES string of the molecule is NC(=O)c1ccc(-n2ccnc2)cc1OC1CC2(CC(NC(=O)O)C2)C1. The molecule has 2 amide bonds. The number of benzene rings is 1. The zero-order valence-corrected chi connectivity index (χ0v) is 14.1.